The molecule has 16 heteroatoms. The van der Waals surface area contributed by atoms with E-state index in [9.17, 15) is 14.7 Å². The zero-order chi connectivity index (χ0) is 45.5. The van der Waals surface area contributed by atoms with Crippen LogP contribution in [0, 0.1) is 27.7 Å². The zero-order valence-electron chi connectivity index (χ0n) is 37.0. The molecule has 0 fully saturated rings. The number of furan rings is 2. The third-order valence-electron chi connectivity index (χ3n) is 11.8. The fourth-order valence-electron chi connectivity index (χ4n) is 7.38. The van der Waals surface area contributed by atoms with Gasteiger partial charge < -0.3 is 39.2 Å². The summed E-state index contributed by atoms with van der Waals surface area (Å²) in [5.41, 5.74) is 12.7. The Hall–Kier alpha value is -6.55. The molecule has 8 heterocycles. The van der Waals surface area contributed by atoms with E-state index in [1.807, 2.05) is 102 Å². The normalized spacial score (nSPS) is 13.6. The maximum absolute atomic E-state index is 12.1. The molecule has 1 radical (unpaired) electrons. The molecule has 2 aliphatic rings. The summed E-state index contributed by atoms with van der Waals surface area (Å²) in [4.78, 5) is 49.4. The third kappa shape index (κ3) is 8.83. The van der Waals surface area contributed by atoms with Gasteiger partial charge in [0.25, 0.3) is 11.8 Å². The molecule has 327 valence electrons. The Morgan fingerprint density at radius 3 is 1.70 bits per heavy atom. The van der Waals surface area contributed by atoms with Crippen molar-refractivity contribution in [1.82, 2.24) is 40.5 Å². The first kappa shape index (κ1) is 44.1. The molecule has 14 nitrogen and oxygen atoms in total. The second-order valence-electron chi connectivity index (χ2n) is 16.9. The number of rotatable bonds is 7. The highest BCUT2D eigenvalue weighted by Gasteiger charge is 2.36. The standard InChI is InChI=1S/C21H18N4O2.C16H13ClN4O.C11H18BO3/c1-11-19(13-7-9-27-12(13)2)25-20-14(4-3-5-17(20)23-11)18-10-15-16(24-18)6-8-22-21(15)26;1-8-15(17)21-14-9(3-2-4-12(14)19-8)13-7-10-11(20-13)5-6-18-16(10)22;1-8-9(6-7-14-8)12-15-11(4,5)10(2,3)13/h3-5,7,9-10,24H,6,8H2,1-2H3,(H,22,26);2-4,7,20H,5-6H2,1H3,(H,18,22);6-7,13H,1-5H3. The Morgan fingerprint density at radius 1 is 0.672 bits per heavy atom. The molecule has 6 aromatic heterocycles. The SMILES string of the molecule is Cc1nc2cccc(-c3cc4c([nH]3)CCNC4=O)c2nc1-c1ccoc1C.Cc1nc2cccc(-c3cc4c([nH]3)CCNC4=O)c2nc1Cl.Cc1occc1[B]OC(C)(C)C(C)(C)O. The van der Waals surface area contributed by atoms with Crippen molar-refractivity contribution in [3.8, 4) is 33.8 Å². The summed E-state index contributed by atoms with van der Waals surface area (Å²) in [6.45, 7) is 16.0. The zero-order valence-corrected chi connectivity index (χ0v) is 37.7. The fourth-order valence-corrected chi connectivity index (χ4v) is 7.51. The lowest BCUT2D eigenvalue weighted by Crippen LogP contribution is -2.49. The number of aryl methyl sites for hydroxylation is 4. The molecule has 2 aromatic carbocycles. The number of aromatic amines is 2. The number of aromatic nitrogens is 6. The number of fused-ring (bicyclic) bond motifs is 4. The average molecular weight is 880 g/mol. The number of benzene rings is 2. The Bertz CT molecular complexity index is 3050. The van der Waals surface area contributed by atoms with Gasteiger partial charge in [-0.3, -0.25) is 9.59 Å². The van der Waals surface area contributed by atoms with E-state index in [1.165, 1.54) is 0 Å². The first-order chi connectivity index (χ1) is 30.5. The number of H-pyrrole nitrogens is 2. The second kappa shape index (κ2) is 17.6. The number of carbonyl (C=O) groups is 2. The van der Waals surface area contributed by atoms with Gasteiger partial charge in [0.05, 0.1) is 79.8 Å². The summed E-state index contributed by atoms with van der Waals surface area (Å²) in [5.74, 6) is 1.55. The molecular formula is C48H49BClN8O6. The van der Waals surface area contributed by atoms with Crippen LogP contribution in [0.15, 0.2) is 82.0 Å². The van der Waals surface area contributed by atoms with Gasteiger partial charge in [-0.2, -0.15) is 0 Å². The summed E-state index contributed by atoms with van der Waals surface area (Å²) in [5, 5.41) is 16.0. The Labute approximate surface area is 375 Å². The van der Waals surface area contributed by atoms with Crippen LogP contribution in [-0.2, 0) is 17.5 Å². The van der Waals surface area contributed by atoms with Gasteiger partial charge in [0.15, 0.2) is 5.15 Å². The lowest BCUT2D eigenvalue weighted by Gasteiger charge is -2.37. The molecule has 0 saturated carbocycles. The first-order valence-electron chi connectivity index (χ1n) is 21.0. The lowest BCUT2D eigenvalue weighted by atomic mass is 9.83. The number of aliphatic hydroxyl groups is 1. The van der Waals surface area contributed by atoms with Crippen LogP contribution < -0.4 is 16.1 Å². The van der Waals surface area contributed by atoms with Gasteiger partial charge in [-0.15, -0.1) is 0 Å². The van der Waals surface area contributed by atoms with Crippen molar-refractivity contribution >= 4 is 58.4 Å². The van der Waals surface area contributed by atoms with E-state index in [0.29, 0.717) is 35.1 Å². The molecular weight excluding hydrogens is 831 g/mol. The predicted octanol–water partition coefficient (Wildman–Crippen LogP) is 8.06. The van der Waals surface area contributed by atoms with E-state index >= 15 is 0 Å². The molecule has 0 atom stereocenters. The van der Waals surface area contributed by atoms with Gasteiger partial charge in [-0.1, -0.05) is 35.9 Å². The molecule has 0 saturated heterocycles. The molecule has 2 aliphatic heterocycles. The van der Waals surface area contributed by atoms with Gasteiger partial charge in [-0.05, 0) is 97.3 Å². The molecule has 0 unspecified atom stereocenters. The smallest absolute Gasteiger partial charge is 0.334 e. The highest BCUT2D eigenvalue weighted by Crippen LogP contribution is 2.34. The Balaban J connectivity index is 0.000000137. The fraction of sp³-hybridized carbons (Fsp3) is 0.292. The number of halogens is 1. The van der Waals surface area contributed by atoms with Crippen molar-refractivity contribution in [2.45, 2.75) is 79.4 Å². The van der Waals surface area contributed by atoms with Gasteiger partial charge in [0.2, 0.25) is 0 Å². The van der Waals surface area contributed by atoms with E-state index in [0.717, 1.165) is 103 Å². The molecule has 64 heavy (non-hydrogen) atoms. The number of para-hydroxylation sites is 2. The highest BCUT2D eigenvalue weighted by molar-refractivity contribution is 6.47. The maximum atomic E-state index is 12.1. The van der Waals surface area contributed by atoms with E-state index in [-0.39, 0.29) is 11.8 Å². The van der Waals surface area contributed by atoms with Crippen molar-refractivity contribution in [2.24, 2.45) is 0 Å². The number of hydrogen-bond acceptors (Lipinski definition) is 10. The second-order valence-corrected chi connectivity index (χ2v) is 17.3. The molecule has 2 amide bonds. The van der Waals surface area contributed by atoms with Crippen molar-refractivity contribution in [1.29, 1.82) is 0 Å². The van der Waals surface area contributed by atoms with Crippen LogP contribution >= 0.6 is 11.6 Å². The first-order valence-corrected chi connectivity index (χ1v) is 21.4. The van der Waals surface area contributed by atoms with Crippen molar-refractivity contribution < 1.29 is 28.2 Å². The summed E-state index contributed by atoms with van der Waals surface area (Å²) < 4.78 is 16.2. The largest absolute Gasteiger partial charge is 0.470 e. The number of amides is 2. The molecule has 5 N–H and O–H groups in total. The van der Waals surface area contributed by atoms with Crippen molar-refractivity contribution in [3.63, 3.8) is 0 Å². The van der Waals surface area contributed by atoms with Crippen LogP contribution in [0.1, 0.15) is 82.7 Å². The molecule has 0 aliphatic carbocycles. The van der Waals surface area contributed by atoms with E-state index in [4.69, 9.17) is 35.1 Å². The van der Waals surface area contributed by atoms with E-state index < -0.39 is 11.2 Å². The van der Waals surface area contributed by atoms with Crippen LogP contribution in [0.4, 0.5) is 0 Å². The topological polar surface area (TPSA) is 197 Å². The number of hydrogen-bond donors (Lipinski definition) is 5. The molecule has 0 bridgehead atoms. The highest BCUT2D eigenvalue weighted by atomic mass is 35.5. The minimum absolute atomic E-state index is 0.0318. The summed E-state index contributed by atoms with van der Waals surface area (Å²) >= 11 is 6.12. The third-order valence-corrected chi connectivity index (χ3v) is 12.2. The predicted molar refractivity (Wildman–Crippen MR) is 248 cm³/mol. The quantitative estimate of drug-likeness (QED) is 0.0977. The molecule has 8 aromatic rings. The minimum Gasteiger partial charge on any atom is -0.470 e. The Kier molecular flexibility index (Phi) is 12.1. The van der Waals surface area contributed by atoms with Gasteiger partial charge in [-0.25, -0.2) is 19.9 Å². The Morgan fingerprint density at radius 2 is 1.20 bits per heavy atom. The van der Waals surface area contributed by atoms with Gasteiger partial charge in [0, 0.05) is 65.4 Å². The number of nitrogens with zero attached hydrogens (tertiary/aromatic N) is 4. The van der Waals surface area contributed by atoms with Crippen LogP contribution in [-0.4, -0.2) is 78.6 Å². The minimum atomic E-state index is -0.902. The summed E-state index contributed by atoms with van der Waals surface area (Å²) in [6.07, 6.45) is 4.88. The van der Waals surface area contributed by atoms with Gasteiger partial charge >= 0.3 is 7.48 Å². The summed E-state index contributed by atoms with van der Waals surface area (Å²) in [7, 11) is 1.62. The van der Waals surface area contributed by atoms with Crippen LogP contribution in [0.3, 0.4) is 0 Å². The average Bonchev–Trinajstić information content (AvgIpc) is 4.08. The van der Waals surface area contributed by atoms with E-state index in [1.54, 1.807) is 33.9 Å². The van der Waals surface area contributed by atoms with Gasteiger partial charge in [0.1, 0.15) is 5.76 Å². The van der Waals surface area contributed by atoms with Crippen LogP contribution in [0.5, 0.6) is 0 Å². The summed E-state index contributed by atoms with van der Waals surface area (Å²) in [6, 6.07) is 19.2. The van der Waals surface area contributed by atoms with Crippen molar-refractivity contribution in [2.75, 3.05) is 13.1 Å². The van der Waals surface area contributed by atoms with Crippen LogP contribution in [0.2, 0.25) is 5.15 Å². The molecule has 10 rings (SSSR count). The monoisotopic (exact) mass is 879 g/mol. The lowest BCUT2D eigenvalue weighted by molar-refractivity contribution is -0.0893. The number of nitrogens with one attached hydrogen (secondary N) is 4. The van der Waals surface area contributed by atoms with Crippen LogP contribution in [0.25, 0.3) is 55.8 Å². The molecule has 0 spiro atoms. The number of carbonyl (C=O) groups excluding carboxylic acids is 2. The van der Waals surface area contributed by atoms with E-state index in [2.05, 4.69) is 30.6 Å². The maximum Gasteiger partial charge on any atom is 0.334 e. The van der Waals surface area contributed by atoms with Crippen molar-refractivity contribution in [3.05, 3.63) is 124 Å².